The maximum atomic E-state index is 13.9. The largest absolute Gasteiger partial charge is 0.497 e. The molecule has 0 aliphatic carbocycles. The summed E-state index contributed by atoms with van der Waals surface area (Å²) in [6, 6.07) is 13.5. The zero-order chi connectivity index (χ0) is 36.8. The summed E-state index contributed by atoms with van der Waals surface area (Å²) >= 11 is 1.33. The Kier molecular flexibility index (Phi) is 14.1. The third-order valence-electron chi connectivity index (χ3n) is 7.58. The van der Waals surface area contributed by atoms with Crippen LogP contribution in [0, 0.1) is 5.92 Å². The minimum Gasteiger partial charge on any atom is -0.497 e. The minimum absolute atomic E-state index is 0.0456. The van der Waals surface area contributed by atoms with Crippen molar-refractivity contribution in [3.8, 4) is 17.0 Å². The third kappa shape index (κ3) is 12.0. The fraction of sp³-hybridized carbons (Fsp3) is 0.343. The molecular formula is C35H43N7O7S2. The molecule has 0 bridgehead atoms. The van der Waals surface area contributed by atoms with Gasteiger partial charge in [-0.05, 0) is 73.7 Å². The molecule has 272 valence electrons. The average molecular weight is 738 g/mol. The summed E-state index contributed by atoms with van der Waals surface area (Å²) in [5, 5.41) is 22.1. The van der Waals surface area contributed by atoms with Crippen molar-refractivity contribution >= 4 is 55.8 Å². The number of anilines is 3. The first-order valence-electron chi connectivity index (χ1n) is 16.4. The Labute approximate surface area is 301 Å². The van der Waals surface area contributed by atoms with E-state index < -0.39 is 28.1 Å². The predicted molar refractivity (Wildman–Crippen MR) is 197 cm³/mol. The van der Waals surface area contributed by atoms with Gasteiger partial charge in [0.1, 0.15) is 16.7 Å². The van der Waals surface area contributed by atoms with Gasteiger partial charge in [-0.25, -0.2) is 18.2 Å². The lowest BCUT2D eigenvalue weighted by Crippen LogP contribution is -2.47. The molecule has 51 heavy (non-hydrogen) atoms. The minimum atomic E-state index is -4.33. The molecule has 0 fully saturated rings. The summed E-state index contributed by atoms with van der Waals surface area (Å²) in [5.74, 6) is -0.510. The summed E-state index contributed by atoms with van der Waals surface area (Å²) in [5.41, 5.74) is 1.82. The van der Waals surface area contributed by atoms with E-state index in [2.05, 4.69) is 36.0 Å². The van der Waals surface area contributed by atoms with Gasteiger partial charge in [-0.1, -0.05) is 32.8 Å². The summed E-state index contributed by atoms with van der Waals surface area (Å²) in [6.07, 6.45) is 5.54. The molecule has 0 radical (unpaired) electrons. The molecule has 2 aromatic heterocycles. The van der Waals surface area contributed by atoms with Crippen LogP contribution in [-0.2, 0) is 14.8 Å². The molecule has 0 spiro atoms. The second kappa shape index (κ2) is 18.7. The van der Waals surface area contributed by atoms with Crippen LogP contribution in [0.25, 0.3) is 11.3 Å². The standard InChI is InChI=1S/C35H43N7O7S2/c1-23(2)19-29(33(44)37-17-6-4-5-7-18-38-35(45)46)40-32(43)28-15-10-24(30-22-50-34(41-30)39-26-9-8-16-36-21-26)20-31(28)51(47,48)42-25-11-13-27(49-3)14-12-25/h8-16,20-23,29,38,42H,4-7,17-19H2,1-3H3,(H,37,44)(H,39,41)(H,40,43)(H,45,46)/t29-/m0/s1. The van der Waals surface area contributed by atoms with E-state index in [1.54, 1.807) is 54.2 Å². The lowest BCUT2D eigenvalue weighted by Gasteiger charge is -2.21. The van der Waals surface area contributed by atoms with Gasteiger partial charge in [0, 0.05) is 35.9 Å². The number of ether oxygens (including phenoxy) is 1. The Morgan fingerprint density at radius 3 is 2.31 bits per heavy atom. The van der Waals surface area contributed by atoms with Crippen molar-refractivity contribution in [3.63, 3.8) is 0 Å². The van der Waals surface area contributed by atoms with Gasteiger partial charge in [-0.3, -0.25) is 19.3 Å². The number of aromatic nitrogens is 2. The number of unbranched alkanes of at least 4 members (excludes halogenated alkanes) is 3. The molecule has 2 heterocycles. The number of carboxylic acid groups (broad SMARTS) is 1. The number of amides is 3. The first kappa shape index (κ1) is 38.6. The van der Waals surface area contributed by atoms with E-state index in [9.17, 15) is 22.8 Å². The molecule has 16 heteroatoms. The zero-order valence-corrected chi connectivity index (χ0v) is 30.3. The molecule has 4 aromatic rings. The van der Waals surface area contributed by atoms with Crippen LogP contribution < -0.4 is 30.7 Å². The molecule has 0 saturated carbocycles. The molecule has 6 N–H and O–H groups in total. The number of carbonyl (C=O) groups excluding carboxylic acids is 2. The van der Waals surface area contributed by atoms with Crippen molar-refractivity contribution in [2.75, 3.05) is 30.2 Å². The topological polar surface area (TPSA) is 201 Å². The molecule has 4 rings (SSSR count). The lowest BCUT2D eigenvalue weighted by molar-refractivity contribution is -0.123. The first-order chi connectivity index (χ1) is 24.4. The van der Waals surface area contributed by atoms with Crippen molar-refractivity contribution in [1.29, 1.82) is 0 Å². The van der Waals surface area contributed by atoms with E-state index >= 15 is 0 Å². The first-order valence-corrected chi connectivity index (χ1v) is 18.8. The van der Waals surface area contributed by atoms with Crippen molar-refractivity contribution in [1.82, 2.24) is 25.9 Å². The highest BCUT2D eigenvalue weighted by Crippen LogP contribution is 2.31. The predicted octanol–water partition coefficient (Wildman–Crippen LogP) is 5.85. The van der Waals surface area contributed by atoms with Gasteiger partial charge < -0.3 is 31.1 Å². The van der Waals surface area contributed by atoms with Gasteiger partial charge in [-0.15, -0.1) is 11.3 Å². The van der Waals surface area contributed by atoms with Gasteiger partial charge >= 0.3 is 6.09 Å². The Hall–Kier alpha value is -5.22. The fourth-order valence-electron chi connectivity index (χ4n) is 5.06. The summed E-state index contributed by atoms with van der Waals surface area (Å²) in [4.78, 5) is 46.1. The van der Waals surface area contributed by atoms with Crippen LogP contribution in [0.1, 0.15) is 56.3 Å². The average Bonchev–Trinajstić information content (AvgIpc) is 3.57. The maximum absolute atomic E-state index is 13.9. The molecule has 2 aromatic carbocycles. The molecule has 3 amide bonds. The lowest BCUT2D eigenvalue weighted by atomic mass is 10.0. The van der Waals surface area contributed by atoms with E-state index in [1.807, 2.05) is 19.9 Å². The second-order valence-electron chi connectivity index (χ2n) is 12.0. The molecular weight excluding hydrogens is 695 g/mol. The fourth-order valence-corrected chi connectivity index (χ4v) is 7.09. The molecule has 1 atom stereocenters. The number of methoxy groups -OCH3 is 1. The number of hydrogen-bond donors (Lipinski definition) is 6. The number of benzene rings is 2. The van der Waals surface area contributed by atoms with Crippen molar-refractivity contribution in [2.45, 2.75) is 56.9 Å². The van der Waals surface area contributed by atoms with Crippen LogP contribution in [-0.4, -0.2) is 67.6 Å². The molecule has 0 aliphatic heterocycles. The van der Waals surface area contributed by atoms with E-state index in [-0.39, 0.29) is 28.0 Å². The highest BCUT2D eigenvalue weighted by molar-refractivity contribution is 7.92. The monoisotopic (exact) mass is 737 g/mol. The van der Waals surface area contributed by atoms with Crippen LogP contribution in [0.5, 0.6) is 5.75 Å². The maximum Gasteiger partial charge on any atom is 0.404 e. The number of pyridine rings is 1. The Bertz CT molecular complexity index is 1870. The van der Waals surface area contributed by atoms with E-state index in [0.717, 1.165) is 18.5 Å². The Morgan fingerprint density at radius 1 is 0.941 bits per heavy atom. The highest BCUT2D eigenvalue weighted by atomic mass is 32.2. The molecule has 0 aliphatic rings. The van der Waals surface area contributed by atoms with Crippen molar-refractivity contribution in [3.05, 3.63) is 77.9 Å². The van der Waals surface area contributed by atoms with Crippen LogP contribution in [0.3, 0.4) is 0 Å². The molecule has 0 saturated heterocycles. The number of sulfonamides is 1. The van der Waals surface area contributed by atoms with Crippen LogP contribution >= 0.6 is 11.3 Å². The van der Waals surface area contributed by atoms with Crippen LogP contribution in [0.2, 0.25) is 0 Å². The van der Waals surface area contributed by atoms with Gasteiger partial charge in [0.15, 0.2) is 5.13 Å². The van der Waals surface area contributed by atoms with Gasteiger partial charge in [0.2, 0.25) is 5.91 Å². The second-order valence-corrected chi connectivity index (χ2v) is 14.6. The van der Waals surface area contributed by atoms with Crippen LogP contribution in [0.4, 0.5) is 21.3 Å². The third-order valence-corrected chi connectivity index (χ3v) is 9.76. The summed E-state index contributed by atoms with van der Waals surface area (Å²) in [6.45, 7) is 4.59. The van der Waals surface area contributed by atoms with Crippen molar-refractivity contribution in [2.24, 2.45) is 5.92 Å². The van der Waals surface area contributed by atoms with E-state index in [4.69, 9.17) is 9.84 Å². The Morgan fingerprint density at radius 2 is 1.67 bits per heavy atom. The van der Waals surface area contributed by atoms with Gasteiger partial charge in [-0.2, -0.15) is 0 Å². The smallest absolute Gasteiger partial charge is 0.404 e. The number of nitrogens with zero attached hydrogens (tertiary/aromatic N) is 2. The van der Waals surface area contributed by atoms with E-state index in [1.165, 1.54) is 30.6 Å². The van der Waals surface area contributed by atoms with Crippen LogP contribution in [0.15, 0.2) is 77.3 Å². The highest BCUT2D eigenvalue weighted by Gasteiger charge is 2.28. The SMILES string of the molecule is COc1ccc(NS(=O)(=O)c2cc(-c3csc(Nc4cccnc4)n3)ccc2C(=O)N[C@@H](CC(C)C)C(=O)NCCCCCCNC(=O)O)cc1. The number of thiazole rings is 1. The number of nitrogens with one attached hydrogen (secondary N) is 5. The summed E-state index contributed by atoms with van der Waals surface area (Å²) in [7, 11) is -2.83. The van der Waals surface area contributed by atoms with E-state index in [0.29, 0.717) is 54.5 Å². The number of rotatable bonds is 19. The Balaban J connectivity index is 1.55. The zero-order valence-electron chi connectivity index (χ0n) is 28.6. The molecule has 14 nitrogen and oxygen atoms in total. The van der Waals surface area contributed by atoms with Gasteiger partial charge in [0.05, 0.1) is 30.3 Å². The summed E-state index contributed by atoms with van der Waals surface area (Å²) < 4.78 is 35.6. The van der Waals surface area contributed by atoms with Gasteiger partial charge in [0.25, 0.3) is 15.9 Å². The quantitative estimate of drug-likeness (QED) is 0.0635. The normalized spacial score (nSPS) is 11.8. The van der Waals surface area contributed by atoms with Crippen molar-refractivity contribution < 1.29 is 32.6 Å². The number of hydrogen-bond acceptors (Lipinski definition) is 10. The number of carbonyl (C=O) groups is 3. The molecule has 0 unspecified atom stereocenters.